The first-order valence-corrected chi connectivity index (χ1v) is 48.2. The third-order valence-electron chi connectivity index (χ3n) is 20.9. The molecule has 107 heavy (non-hydrogen) atoms. The minimum Gasteiger partial charge on any atom is -0.462 e. The van der Waals surface area contributed by atoms with Crippen molar-refractivity contribution in [2.75, 3.05) is 39.6 Å². The van der Waals surface area contributed by atoms with Crippen molar-refractivity contribution in [3.8, 4) is 0 Å². The second kappa shape index (κ2) is 76.7. The van der Waals surface area contributed by atoms with Crippen molar-refractivity contribution in [2.24, 2.45) is 23.7 Å². The molecule has 19 heteroatoms. The topological polar surface area (TPSA) is 237 Å². The molecule has 0 aliphatic carbocycles. The Morgan fingerprint density at radius 3 is 0.664 bits per heavy atom. The van der Waals surface area contributed by atoms with Crippen LogP contribution in [0.4, 0.5) is 0 Å². The zero-order valence-electron chi connectivity index (χ0n) is 70.8. The zero-order valence-corrected chi connectivity index (χ0v) is 72.6. The summed E-state index contributed by atoms with van der Waals surface area (Å²) in [4.78, 5) is 73.3. The van der Waals surface area contributed by atoms with E-state index in [2.05, 4.69) is 55.4 Å². The summed E-state index contributed by atoms with van der Waals surface area (Å²) < 4.78 is 68.9. The molecule has 4 unspecified atom stereocenters. The van der Waals surface area contributed by atoms with Crippen molar-refractivity contribution in [3.05, 3.63) is 0 Å². The molecule has 6 atom stereocenters. The Balaban J connectivity index is 5.23. The molecule has 636 valence electrons. The summed E-state index contributed by atoms with van der Waals surface area (Å²) in [7, 11) is -9.93. The van der Waals surface area contributed by atoms with Gasteiger partial charge in [0.2, 0.25) is 0 Å². The quantitative estimate of drug-likeness (QED) is 0.0222. The van der Waals surface area contributed by atoms with Crippen molar-refractivity contribution < 1.29 is 80.2 Å². The Hall–Kier alpha value is -1.94. The van der Waals surface area contributed by atoms with Crippen LogP contribution in [0.15, 0.2) is 0 Å². The number of aliphatic hydroxyl groups is 1. The van der Waals surface area contributed by atoms with Gasteiger partial charge in [0.25, 0.3) is 0 Å². The van der Waals surface area contributed by atoms with E-state index in [9.17, 15) is 43.2 Å². The van der Waals surface area contributed by atoms with Crippen LogP contribution in [0.3, 0.4) is 0 Å². The Morgan fingerprint density at radius 1 is 0.262 bits per heavy atom. The van der Waals surface area contributed by atoms with Crippen molar-refractivity contribution in [1.29, 1.82) is 0 Å². The van der Waals surface area contributed by atoms with Crippen LogP contribution in [0.2, 0.25) is 0 Å². The number of hydrogen-bond acceptors (Lipinski definition) is 15. The molecule has 0 aromatic carbocycles. The number of carbonyl (C=O) groups is 4. The Kier molecular flexibility index (Phi) is 75.3. The molecular weight excluding hydrogens is 1390 g/mol. The first kappa shape index (κ1) is 105. The lowest BCUT2D eigenvalue weighted by Gasteiger charge is -2.21. The van der Waals surface area contributed by atoms with Crippen molar-refractivity contribution >= 4 is 39.5 Å². The van der Waals surface area contributed by atoms with Crippen LogP contribution in [0.5, 0.6) is 0 Å². The highest BCUT2D eigenvalue weighted by Gasteiger charge is 2.31. The summed E-state index contributed by atoms with van der Waals surface area (Å²) in [6, 6.07) is 0. The second-order valence-electron chi connectivity index (χ2n) is 33.3. The molecule has 0 aromatic rings. The standard InChI is InChI=1S/C88H172O17P2/c1-9-81(8)67-59-51-43-35-29-23-17-12-10-11-13-19-25-31-37-45-54-62-70-87(92)104-83(74-98-85(90)68-60-52-44-36-30-24-18-15-14-16-21-27-33-40-48-56-64-78(2)3)76-102-106(94,95)100-72-82(89)73-101-107(96,97)103-77-84(75-99-86(91)69-61-53-47-39-42-50-58-66-80(6)7)105-88(93)71-63-55-46-38-32-26-20-22-28-34-41-49-57-65-79(4)5/h78-84,89H,9-77H2,1-8H3,(H,94,95)(H,96,97)/t81?,82?,83-,84-/m1/s1. The average molecular weight is 1560 g/mol. The molecule has 0 spiro atoms. The highest BCUT2D eigenvalue weighted by Crippen LogP contribution is 2.45. The summed E-state index contributed by atoms with van der Waals surface area (Å²) in [5.41, 5.74) is 0. The molecule has 0 rings (SSSR count). The van der Waals surface area contributed by atoms with Crippen LogP contribution in [0.1, 0.15) is 460 Å². The molecule has 0 radical (unpaired) electrons. The molecule has 0 saturated carbocycles. The highest BCUT2D eigenvalue weighted by atomic mass is 31.2. The molecule has 17 nitrogen and oxygen atoms in total. The second-order valence-corrected chi connectivity index (χ2v) is 36.2. The van der Waals surface area contributed by atoms with E-state index in [1.165, 1.54) is 257 Å². The minimum atomic E-state index is -4.97. The fourth-order valence-corrected chi connectivity index (χ4v) is 15.2. The molecule has 0 fully saturated rings. The number of rotatable bonds is 85. The first-order chi connectivity index (χ1) is 51.6. The van der Waals surface area contributed by atoms with Crippen LogP contribution in [-0.4, -0.2) is 96.7 Å². The third-order valence-corrected chi connectivity index (χ3v) is 22.8. The third kappa shape index (κ3) is 80.5. The molecular formula is C88H172O17P2. The van der Waals surface area contributed by atoms with Gasteiger partial charge in [-0.2, -0.15) is 0 Å². The molecule has 0 bridgehead atoms. The number of unbranched alkanes of at least 4 members (excludes halogenated alkanes) is 50. The van der Waals surface area contributed by atoms with Crippen molar-refractivity contribution in [3.63, 3.8) is 0 Å². The van der Waals surface area contributed by atoms with Gasteiger partial charge < -0.3 is 33.8 Å². The Bertz CT molecular complexity index is 2080. The van der Waals surface area contributed by atoms with Gasteiger partial charge in [-0.1, -0.05) is 409 Å². The number of carbonyl (C=O) groups excluding carboxylic acids is 4. The van der Waals surface area contributed by atoms with Crippen LogP contribution in [0.25, 0.3) is 0 Å². The minimum absolute atomic E-state index is 0.106. The van der Waals surface area contributed by atoms with Crippen LogP contribution >= 0.6 is 15.6 Å². The van der Waals surface area contributed by atoms with Crippen molar-refractivity contribution in [2.45, 2.75) is 478 Å². The van der Waals surface area contributed by atoms with E-state index >= 15 is 0 Å². The normalized spacial score (nSPS) is 14.1. The summed E-state index contributed by atoms with van der Waals surface area (Å²) >= 11 is 0. The lowest BCUT2D eigenvalue weighted by molar-refractivity contribution is -0.161. The maximum absolute atomic E-state index is 13.2. The summed E-state index contributed by atoms with van der Waals surface area (Å²) in [6.07, 6.45) is 66.7. The SMILES string of the molecule is CCC(C)CCCCCCCCCCCCCCCCCCCCC(=O)O[C@H](COC(=O)CCCCCCCCCCCCCCCCCCC(C)C)COP(=O)(O)OCC(O)COP(=O)(O)OC[C@@H](COC(=O)CCCCCCCCCC(C)C)OC(=O)CCCCCCCCCCCCCCCC(C)C. The molecule has 0 aliphatic heterocycles. The van der Waals surface area contributed by atoms with Gasteiger partial charge in [-0.15, -0.1) is 0 Å². The number of aliphatic hydroxyl groups excluding tert-OH is 1. The molecule has 0 saturated heterocycles. The maximum Gasteiger partial charge on any atom is 0.472 e. The molecule has 0 aliphatic rings. The number of ether oxygens (including phenoxy) is 4. The summed E-state index contributed by atoms with van der Waals surface area (Å²) in [5.74, 6) is 1.07. The van der Waals surface area contributed by atoms with Crippen LogP contribution in [-0.2, 0) is 65.4 Å². The largest absolute Gasteiger partial charge is 0.472 e. The molecule has 3 N–H and O–H groups in total. The number of hydrogen-bond donors (Lipinski definition) is 3. The maximum atomic E-state index is 13.2. The van der Waals surface area contributed by atoms with Crippen LogP contribution in [0, 0.1) is 23.7 Å². The van der Waals surface area contributed by atoms with Crippen molar-refractivity contribution in [1.82, 2.24) is 0 Å². The van der Waals surface area contributed by atoms with Gasteiger partial charge in [0, 0.05) is 25.7 Å². The Morgan fingerprint density at radius 2 is 0.449 bits per heavy atom. The van der Waals surface area contributed by atoms with Gasteiger partial charge in [-0.05, 0) is 49.4 Å². The molecule has 0 aromatic heterocycles. The predicted molar refractivity (Wildman–Crippen MR) is 441 cm³/mol. The lowest BCUT2D eigenvalue weighted by atomic mass is 9.99. The average Bonchev–Trinajstić information content (AvgIpc) is 0.902. The van der Waals surface area contributed by atoms with Crippen LogP contribution < -0.4 is 0 Å². The van der Waals surface area contributed by atoms with Gasteiger partial charge in [0.1, 0.15) is 19.3 Å². The smallest absolute Gasteiger partial charge is 0.462 e. The zero-order chi connectivity index (χ0) is 78.8. The lowest BCUT2D eigenvalue weighted by Crippen LogP contribution is -2.30. The predicted octanol–water partition coefficient (Wildman–Crippen LogP) is 26.7. The van der Waals surface area contributed by atoms with E-state index in [4.69, 9.17) is 37.0 Å². The van der Waals surface area contributed by atoms with Gasteiger partial charge in [-0.25, -0.2) is 9.13 Å². The van der Waals surface area contributed by atoms with Gasteiger partial charge in [-0.3, -0.25) is 37.3 Å². The first-order valence-electron chi connectivity index (χ1n) is 45.2. The summed E-state index contributed by atoms with van der Waals surface area (Å²) in [5, 5.41) is 10.7. The van der Waals surface area contributed by atoms with E-state index in [1.54, 1.807) is 0 Å². The fourth-order valence-electron chi connectivity index (χ4n) is 13.6. The van der Waals surface area contributed by atoms with E-state index in [-0.39, 0.29) is 25.7 Å². The van der Waals surface area contributed by atoms with Gasteiger partial charge >= 0.3 is 39.5 Å². The highest BCUT2D eigenvalue weighted by molar-refractivity contribution is 7.47. The van der Waals surface area contributed by atoms with E-state index in [0.717, 1.165) is 114 Å². The number of phosphoric ester groups is 2. The number of esters is 4. The van der Waals surface area contributed by atoms with E-state index < -0.39 is 97.5 Å². The molecule has 0 amide bonds. The van der Waals surface area contributed by atoms with Gasteiger partial charge in [0.05, 0.1) is 26.4 Å². The monoisotopic (exact) mass is 1560 g/mol. The van der Waals surface area contributed by atoms with E-state index in [0.29, 0.717) is 31.6 Å². The Labute approximate surface area is 658 Å². The summed E-state index contributed by atoms with van der Waals surface area (Å²) in [6.45, 7) is 14.4. The molecule has 0 heterocycles. The fraction of sp³-hybridized carbons (Fsp3) is 0.955. The number of phosphoric acid groups is 2. The van der Waals surface area contributed by atoms with Gasteiger partial charge in [0.15, 0.2) is 12.2 Å². The van der Waals surface area contributed by atoms with E-state index in [1.807, 2.05) is 0 Å².